The van der Waals surface area contributed by atoms with E-state index >= 15 is 0 Å². The van der Waals surface area contributed by atoms with Crippen molar-refractivity contribution in [3.63, 3.8) is 0 Å². The van der Waals surface area contributed by atoms with Gasteiger partial charge in [-0.15, -0.1) is 0 Å². The normalized spacial score (nSPS) is 14.4. The number of aromatic nitrogens is 1. The molecule has 2 rings (SSSR count). The summed E-state index contributed by atoms with van der Waals surface area (Å²) in [4.78, 5) is 26.2. The molecule has 0 radical (unpaired) electrons. The van der Waals surface area contributed by atoms with Gasteiger partial charge in [-0.05, 0) is 19.3 Å². The third-order valence-corrected chi connectivity index (χ3v) is 4.09. The Morgan fingerprint density at radius 2 is 2.18 bits per heavy atom. The summed E-state index contributed by atoms with van der Waals surface area (Å²) in [5.74, 6) is 0.396. The van der Waals surface area contributed by atoms with E-state index in [0.717, 1.165) is 44.9 Å². The second-order valence-corrected chi connectivity index (χ2v) is 5.88. The van der Waals surface area contributed by atoms with Crippen LogP contribution in [-0.2, 0) is 9.59 Å². The summed E-state index contributed by atoms with van der Waals surface area (Å²) in [7, 11) is 0. The Morgan fingerprint density at radius 3 is 2.77 bits per heavy atom. The predicted molar refractivity (Wildman–Crippen MR) is 83.2 cm³/mol. The molecule has 0 atom stereocenters. The molecular formula is C16H25N3O3. The van der Waals surface area contributed by atoms with Gasteiger partial charge in [-0.2, -0.15) is 0 Å². The van der Waals surface area contributed by atoms with Gasteiger partial charge in [0.05, 0.1) is 6.54 Å². The molecule has 0 aliphatic heterocycles. The van der Waals surface area contributed by atoms with Crippen LogP contribution in [0.1, 0.15) is 51.9 Å². The summed E-state index contributed by atoms with van der Waals surface area (Å²) in [6.45, 7) is 2.90. The molecule has 1 aromatic rings. The molecule has 0 aromatic carbocycles. The van der Waals surface area contributed by atoms with Crippen LogP contribution in [-0.4, -0.2) is 35.0 Å². The number of carbonyl (C=O) groups excluding carboxylic acids is 2. The first-order valence-corrected chi connectivity index (χ1v) is 8.19. The number of hydrogen-bond acceptors (Lipinski definition) is 4. The van der Waals surface area contributed by atoms with Gasteiger partial charge in [0.25, 0.3) is 0 Å². The molecule has 1 saturated carbocycles. The van der Waals surface area contributed by atoms with E-state index in [-0.39, 0.29) is 24.3 Å². The summed E-state index contributed by atoms with van der Waals surface area (Å²) < 4.78 is 4.68. The Hall–Kier alpha value is -1.85. The first-order chi connectivity index (χ1) is 10.7. The molecule has 1 aromatic heterocycles. The molecule has 1 aliphatic rings. The molecule has 0 bridgehead atoms. The van der Waals surface area contributed by atoms with E-state index in [4.69, 9.17) is 0 Å². The van der Waals surface area contributed by atoms with Crippen molar-refractivity contribution in [2.45, 2.75) is 51.9 Å². The van der Waals surface area contributed by atoms with Crippen LogP contribution in [0.5, 0.6) is 0 Å². The maximum Gasteiger partial charge on any atom is 0.245 e. The van der Waals surface area contributed by atoms with Crippen LogP contribution in [0.4, 0.5) is 5.82 Å². The third-order valence-electron chi connectivity index (χ3n) is 4.09. The van der Waals surface area contributed by atoms with Crippen LogP contribution >= 0.6 is 0 Å². The van der Waals surface area contributed by atoms with Gasteiger partial charge in [0, 0.05) is 18.5 Å². The number of nitrogens with one attached hydrogen (secondary N) is 1. The summed E-state index contributed by atoms with van der Waals surface area (Å²) >= 11 is 0. The van der Waals surface area contributed by atoms with Gasteiger partial charge >= 0.3 is 0 Å². The lowest BCUT2D eigenvalue weighted by molar-refractivity contribution is -0.140. The van der Waals surface area contributed by atoms with Gasteiger partial charge in [0.15, 0.2) is 5.82 Å². The van der Waals surface area contributed by atoms with E-state index in [2.05, 4.69) is 21.9 Å². The molecule has 122 valence electrons. The summed E-state index contributed by atoms with van der Waals surface area (Å²) in [5, 5.41) is 6.29. The van der Waals surface area contributed by atoms with E-state index in [1.54, 1.807) is 11.0 Å². The van der Waals surface area contributed by atoms with Crippen LogP contribution in [0, 0.1) is 5.92 Å². The largest absolute Gasteiger partial charge is 0.363 e. The second kappa shape index (κ2) is 8.56. The van der Waals surface area contributed by atoms with Crippen LogP contribution in [0.3, 0.4) is 0 Å². The van der Waals surface area contributed by atoms with E-state index < -0.39 is 0 Å². The van der Waals surface area contributed by atoms with Crippen molar-refractivity contribution in [3.05, 3.63) is 12.3 Å². The standard InChI is InChI=1S/C16H25N3O3/c1-2-3-4-5-10-19(16(21)13-7-6-8-13)12-15(20)17-14-9-11-22-18-14/h9,11,13H,2-8,10,12H2,1H3,(H,17,18,20). The minimum atomic E-state index is -0.225. The van der Waals surface area contributed by atoms with Crippen molar-refractivity contribution in [3.8, 4) is 0 Å². The Kier molecular flexibility index (Phi) is 6.43. The topological polar surface area (TPSA) is 75.4 Å². The van der Waals surface area contributed by atoms with Gasteiger partial charge in [-0.25, -0.2) is 0 Å². The molecule has 22 heavy (non-hydrogen) atoms. The minimum Gasteiger partial charge on any atom is -0.363 e. The first-order valence-electron chi connectivity index (χ1n) is 8.19. The highest BCUT2D eigenvalue weighted by molar-refractivity contribution is 5.94. The number of anilines is 1. The fraction of sp³-hybridized carbons (Fsp3) is 0.688. The molecule has 0 spiro atoms. The van der Waals surface area contributed by atoms with Crippen molar-refractivity contribution in [1.82, 2.24) is 10.1 Å². The van der Waals surface area contributed by atoms with Crippen LogP contribution < -0.4 is 5.32 Å². The smallest absolute Gasteiger partial charge is 0.245 e. The number of unbranched alkanes of at least 4 members (excludes halogenated alkanes) is 3. The van der Waals surface area contributed by atoms with Crippen molar-refractivity contribution < 1.29 is 14.1 Å². The molecular weight excluding hydrogens is 282 g/mol. The molecule has 0 unspecified atom stereocenters. The van der Waals surface area contributed by atoms with Crippen LogP contribution in [0.2, 0.25) is 0 Å². The Morgan fingerprint density at radius 1 is 1.36 bits per heavy atom. The number of carbonyl (C=O) groups is 2. The Labute approximate surface area is 131 Å². The average molecular weight is 307 g/mol. The van der Waals surface area contributed by atoms with Gasteiger partial charge in [0.1, 0.15) is 6.26 Å². The first kappa shape index (κ1) is 16.5. The maximum absolute atomic E-state index is 12.4. The highest BCUT2D eigenvalue weighted by Crippen LogP contribution is 2.28. The molecule has 0 saturated heterocycles. The zero-order valence-electron chi connectivity index (χ0n) is 13.2. The van der Waals surface area contributed by atoms with Crippen LogP contribution in [0.15, 0.2) is 16.9 Å². The van der Waals surface area contributed by atoms with Gasteiger partial charge < -0.3 is 14.7 Å². The Balaban J connectivity index is 1.84. The third kappa shape index (κ3) is 4.86. The van der Waals surface area contributed by atoms with Gasteiger partial charge in [-0.1, -0.05) is 37.8 Å². The highest BCUT2D eigenvalue weighted by atomic mass is 16.5. The fourth-order valence-electron chi connectivity index (χ4n) is 2.54. The SMILES string of the molecule is CCCCCCN(CC(=O)Nc1ccon1)C(=O)C1CCC1. The maximum atomic E-state index is 12.4. The quantitative estimate of drug-likeness (QED) is 0.712. The molecule has 1 aliphatic carbocycles. The molecule has 6 nitrogen and oxygen atoms in total. The Bertz CT molecular complexity index is 469. The van der Waals surface area contributed by atoms with Gasteiger partial charge in [-0.3, -0.25) is 9.59 Å². The van der Waals surface area contributed by atoms with Gasteiger partial charge in [0.2, 0.25) is 11.8 Å². The number of nitrogens with zero attached hydrogens (tertiary/aromatic N) is 2. The average Bonchev–Trinajstić information content (AvgIpc) is 2.93. The van der Waals surface area contributed by atoms with Crippen molar-refractivity contribution >= 4 is 17.6 Å². The summed E-state index contributed by atoms with van der Waals surface area (Å²) in [6.07, 6.45) is 8.78. The second-order valence-electron chi connectivity index (χ2n) is 5.88. The fourth-order valence-corrected chi connectivity index (χ4v) is 2.54. The lowest BCUT2D eigenvalue weighted by atomic mass is 9.84. The highest BCUT2D eigenvalue weighted by Gasteiger charge is 2.30. The summed E-state index contributed by atoms with van der Waals surface area (Å²) in [6, 6.07) is 1.58. The van der Waals surface area contributed by atoms with E-state index in [0.29, 0.717) is 12.4 Å². The zero-order valence-corrected chi connectivity index (χ0v) is 13.2. The van der Waals surface area contributed by atoms with Crippen molar-refractivity contribution in [2.24, 2.45) is 5.92 Å². The molecule has 2 amide bonds. The molecule has 1 fully saturated rings. The minimum absolute atomic E-state index is 0.0916. The molecule has 6 heteroatoms. The van der Waals surface area contributed by atoms with E-state index in [9.17, 15) is 9.59 Å². The van der Waals surface area contributed by atoms with Crippen molar-refractivity contribution in [2.75, 3.05) is 18.4 Å². The lowest BCUT2D eigenvalue weighted by Crippen LogP contribution is -2.43. The zero-order chi connectivity index (χ0) is 15.8. The number of hydrogen-bond donors (Lipinski definition) is 1. The number of amides is 2. The summed E-state index contributed by atoms with van der Waals surface area (Å²) in [5.41, 5.74) is 0. The predicted octanol–water partition coefficient (Wildman–Crippen LogP) is 2.82. The van der Waals surface area contributed by atoms with Crippen molar-refractivity contribution in [1.29, 1.82) is 0 Å². The molecule has 1 heterocycles. The van der Waals surface area contributed by atoms with Crippen LogP contribution in [0.25, 0.3) is 0 Å². The van der Waals surface area contributed by atoms with E-state index in [1.165, 1.54) is 6.26 Å². The lowest BCUT2D eigenvalue weighted by Gasteiger charge is -2.31. The molecule has 1 N–H and O–H groups in total. The van der Waals surface area contributed by atoms with E-state index in [1.807, 2.05) is 0 Å². The monoisotopic (exact) mass is 307 g/mol. The number of rotatable bonds is 9.